The van der Waals surface area contributed by atoms with Crippen LogP contribution in [0.4, 0.5) is 17.1 Å². The Morgan fingerprint density at radius 1 is 0.971 bits per heavy atom. The van der Waals surface area contributed by atoms with Crippen LogP contribution in [0.2, 0.25) is 5.02 Å². The Bertz CT molecular complexity index is 1550. The Balaban J connectivity index is 1.85. The summed E-state index contributed by atoms with van der Waals surface area (Å²) in [5.74, 6) is -0.998. The highest BCUT2D eigenvalue weighted by Gasteiger charge is 2.20. The van der Waals surface area contributed by atoms with E-state index < -0.39 is 26.7 Å². The highest BCUT2D eigenvalue weighted by atomic mass is 35.5. The normalized spacial score (nSPS) is 11.7. The quantitative estimate of drug-likeness (QED) is 0.217. The predicted molar refractivity (Wildman–Crippen MR) is 130 cm³/mol. The van der Waals surface area contributed by atoms with Gasteiger partial charge in [0, 0.05) is 16.1 Å². The van der Waals surface area contributed by atoms with Crippen molar-refractivity contribution in [2.75, 3.05) is 5.32 Å². The Kier molecular flexibility index (Phi) is 6.34. The van der Waals surface area contributed by atoms with Crippen molar-refractivity contribution in [2.24, 2.45) is 10.2 Å². The number of halogens is 1. The summed E-state index contributed by atoms with van der Waals surface area (Å²) in [6.07, 6.45) is 0. The minimum atomic E-state index is -4.65. The van der Waals surface area contributed by atoms with E-state index in [4.69, 9.17) is 11.6 Å². The molecular weight excluding hydrogens is 478 g/mol. The summed E-state index contributed by atoms with van der Waals surface area (Å²) in [6.45, 7) is 1.64. The first kappa shape index (κ1) is 23.4. The van der Waals surface area contributed by atoms with Gasteiger partial charge < -0.3 is 10.4 Å². The molecule has 4 rings (SSSR count). The van der Waals surface area contributed by atoms with E-state index in [1.807, 2.05) is 0 Å². The van der Waals surface area contributed by atoms with Crippen molar-refractivity contribution >= 4 is 55.5 Å². The molecule has 4 aromatic carbocycles. The summed E-state index contributed by atoms with van der Waals surface area (Å²) in [5, 5.41) is 22.9. The van der Waals surface area contributed by atoms with Crippen molar-refractivity contribution in [1.82, 2.24) is 0 Å². The summed E-state index contributed by atoms with van der Waals surface area (Å²) in [4.78, 5) is 12.4. The number of carbonyl (C=O) groups excluding carboxylic acids is 1. The zero-order chi connectivity index (χ0) is 24.5. The fourth-order valence-electron chi connectivity index (χ4n) is 3.35. The Morgan fingerprint density at radius 2 is 1.65 bits per heavy atom. The second-order valence-electron chi connectivity index (χ2n) is 7.41. The lowest BCUT2D eigenvalue weighted by molar-refractivity contribution is 0.102. The molecule has 34 heavy (non-hydrogen) atoms. The summed E-state index contributed by atoms with van der Waals surface area (Å²) in [6, 6.07) is 19.6. The van der Waals surface area contributed by atoms with Crippen molar-refractivity contribution in [3.8, 4) is 5.75 Å². The summed E-state index contributed by atoms with van der Waals surface area (Å²) >= 11 is 6.00. The fourth-order valence-corrected chi connectivity index (χ4v) is 4.21. The smallest absolute Gasteiger partial charge is 0.296 e. The number of benzene rings is 4. The molecule has 0 saturated carbocycles. The number of aromatic hydroxyl groups is 1. The van der Waals surface area contributed by atoms with E-state index in [1.165, 1.54) is 12.1 Å². The number of phenols is 1. The lowest BCUT2D eigenvalue weighted by Crippen LogP contribution is -2.12. The molecule has 0 aromatic heterocycles. The first-order chi connectivity index (χ1) is 16.1. The lowest BCUT2D eigenvalue weighted by atomic mass is 10.0. The van der Waals surface area contributed by atoms with Gasteiger partial charge in [-0.25, -0.2) is 0 Å². The lowest BCUT2D eigenvalue weighted by Gasteiger charge is -2.11. The molecule has 1 amide bonds. The van der Waals surface area contributed by atoms with Gasteiger partial charge >= 0.3 is 0 Å². The summed E-state index contributed by atoms with van der Waals surface area (Å²) in [5.41, 5.74) is 0.793. The van der Waals surface area contributed by atoms with Crippen LogP contribution in [0.3, 0.4) is 0 Å². The van der Waals surface area contributed by atoms with Gasteiger partial charge in [-0.2, -0.15) is 8.42 Å². The number of rotatable bonds is 5. The molecule has 10 heteroatoms. The third-order valence-electron chi connectivity index (χ3n) is 5.05. The molecule has 0 spiro atoms. The standard InChI is InChI=1S/C24H18ClN3O5S/c1-14-11-20(21(13-19(14)25)34(31,32)33)27-28-22-17-10-6-5-7-15(17)12-18(23(22)29)24(30)26-16-8-3-2-4-9-16/h2-13,29H,1H3,(H,26,30)(H,31,32,33). The monoisotopic (exact) mass is 495 g/mol. The number of hydrogen-bond donors (Lipinski definition) is 3. The van der Waals surface area contributed by atoms with E-state index in [2.05, 4.69) is 15.5 Å². The van der Waals surface area contributed by atoms with Gasteiger partial charge in [-0.05, 0) is 48.2 Å². The zero-order valence-corrected chi connectivity index (χ0v) is 19.3. The first-order valence-electron chi connectivity index (χ1n) is 9.95. The molecule has 0 saturated heterocycles. The molecule has 0 heterocycles. The van der Waals surface area contributed by atoms with Gasteiger partial charge in [0.1, 0.15) is 16.3 Å². The summed E-state index contributed by atoms with van der Waals surface area (Å²) in [7, 11) is -4.65. The van der Waals surface area contributed by atoms with Crippen molar-refractivity contribution in [3.05, 3.63) is 88.9 Å². The largest absolute Gasteiger partial charge is 0.505 e. The van der Waals surface area contributed by atoms with Crippen LogP contribution in [0.25, 0.3) is 10.8 Å². The van der Waals surface area contributed by atoms with Gasteiger partial charge in [-0.15, -0.1) is 10.2 Å². The van der Waals surface area contributed by atoms with Gasteiger partial charge in [0.2, 0.25) is 0 Å². The van der Waals surface area contributed by atoms with Gasteiger partial charge in [0.15, 0.2) is 5.75 Å². The molecule has 0 bridgehead atoms. The predicted octanol–water partition coefficient (Wildman–Crippen LogP) is 6.42. The Morgan fingerprint density at radius 3 is 2.35 bits per heavy atom. The molecule has 0 fully saturated rings. The molecule has 0 aliphatic rings. The van der Waals surface area contributed by atoms with Gasteiger partial charge in [0.05, 0.1) is 5.56 Å². The number of phenolic OH excluding ortho intramolecular Hbond substituents is 1. The first-order valence-corrected chi connectivity index (χ1v) is 11.8. The molecule has 0 radical (unpaired) electrons. The van der Waals surface area contributed by atoms with E-state index in [0.717, 1.165) is 6.07 Å². The molecule has 0 unspecified atom stereocenters. The van der Waals surface area contributed by atoms with Crippen LogP contribution in [0.15, 0.2) is 87.9 Å². The Labute approximate surface area is 200 Å². The number of anilines is 1. The van der Waals surface area contributed by atoms with Crippen LogP contribution in [-0.2, 0) is 10.1 Å². The third-order valence-corrected chi connectivity index (χ3v) is 6.34. The second-order valence-corrected chi connectivity index (χ2v) is 9.20. The number of aryl methyl sites for hydroxylation is 1. The van der Waals surface area contributed by atoms with Crippen molar-refractivity contribution in [1.29, 1.82) is 0 Å². The van der Waals surface area contributed by atoms with Crippen LogP contribution in [0.5, 0.6) is 5.75 Å². The van der Waals surface area contributed by atoms with Crippen molar-refractivity contribution in [2.45, 2.75) is 11.8 Å². The number of azo groups is 1. The SMILES string of the molecule is Cc1cc(N=Nc2c(O)c(C(=O)Nc3ccccc3)cc3ccccc23)c(S(=O)(=O)O)cc1Cl. The Hall–Kier alpha value is -3.79. The van der Waals surface area contributed by atoms with Crippen LogP contribution in [0, 0.1) is 6.92 Å². The maximum atomic E-state index is 12.9. The van der Waals surface area contributed by atoms with Crippen molar-refractivity contribution < 1.29 is 22.9 Å². The zero-order valence-electron chi connectivity index (χ0n) is 17.7. The minimum absolute atomic E-state index is 0.0368. The number of carbonyl (C=O) groups is 1. The van der Waals surface area contributed by atoms with Crippen molar-refractivity contribution in [3.63, 3.8) is 0 Å². The van der Waals surface area contributed by atoms with Gasteiger partial charge in [-0.3, -0.25) is 9.35 Å². The summed E-state index contributed by atoms with van der Waals surface area (Å²) < 4.78 is 33.2. The number of hydrogen-bond acceptors (Lipinski definition) is 6. The molecule has 8 nitrogen and oxygen atoms in total. The fraction of sp³-hybridized carbons (Fsp3) is 0.0417. The van der Waals surface area contributed by atoms with Crippen LogP contribution >= 0.6 is 11.6 Å². The van der Waals surface area contributed by atoms with Gasteiger partial charge in [0.25, 0.3) is 16.0 Å². The number of para-hydroxylation sites is 1. The maximum absolute atomic E-state index is 12.9. The molecule has 0 aliphatic heterocycles. The highest BCUT2D eigenvalue weighted by Crippen LogP contribution is 2.40. The number of amides is 1. The number of nitrogens with zero attached hydrogens (tertiary/aromatic N) is 2. The van der Waals surface area contributed by atoms with Crippen LogP contribution < -0.4 is 5.32 Å². The molecule has 0 atom stereocenters. The average Bonchev–Trinajstić information content (AvgIpc) is 2.80. The molecule has 172 valence electrons. The van der Waals surface area contributed by atoms with E-state index in [0.29, 0.717) is 22.0 Å². The number of fused-ring (bicyclic) bond motifs is 1. The van der Waals surface area contributed by atoms with Crippen LogP contribution in [0.1, 0.15) is 15.9 Å². The van der Waals surface area contributed by atoms with E-state index in [1.54, 1.807) is 61.5 Å². The number of nitrogens with one attached hydrogen (secondary N) is 1. The maximum Gasteiger partial charge on any atom is 0.296 e. The molecule has 3 N–H and O–H groups in total. The molecule has 0 aliphatic carbocycles. The average molecular weight is 496 g/mol. The van der Waals surface area contributed by atoms with E-state index in [9.17, 15) is 22.9 Å². The minimum Gasteiger partial charge on any atom is -0.505 e. The molecular formula is C24H18ClN3O5S. The van der Waals surface area contributed by atoms with Gasteiger partial charge in [-0.1, -0.05) is 54.1 Å². The van der Waals surface area contributed by atoms with E-state index in [-0.39, 0.29) is 22.0 Å². The third kappa shape index (κ3) is 4.76. The molecule has 4 aromatic rings. The van der Waals surface area contributed by atoms with E-state index >= 15 is 0 Å². The topological polar surface area (TPSA) is 128 Å². The van der Waals surface area contributed by atoms with Crippen LogP contribution in [-0.4, -0.2) is 24.0 Å². The highest BCUT2D eigenvalue weighted by molar-refractivity contribution is 7.86. The second kappa shape index (κ2) is 9.22.